The molecule has 2 heterocycles. The second kappa shape index (κ2) is 4.85. The standard InChI is InChI=1S/C11H13N3O3S/c1-3-4-7-8(15)13-10(17)14(9(7)16)11-12-6(2)5-18-11/h5,7H,3-4H2,1-2H3,(H,13,15,17). The number of nitrogens with one attached hydrogen (secondary N) is 1. The first-order valence-electron chi connectivity index (χ1n) is 5.65. The van der Waals surface area contributed by atoms with Crippen LogP contribution in [-0.2, 0) is 9.59 Å². The van der Waals surface area contributed by atoms with Gasteiger partial charge in [0.25, 0.3) is 0 Å². The molecule has 1 aliphatic heterocycles. The van der Waals surface area contributed by atoms with Gasteiger partial charge < -0.3 is 0 Å². The van der Waals surface area contributed by atoms with E-state index < -0.39 is 23.8 Å². The van der Waals surface area contributed by atoms with E-state index in [4.69, 9.17) is 0 Å². The quantitative estimate of drug-likeness (QED) is 0.841. The van der Waals surface area contributed by atoms with Gasteiger partial charge in [0.2, 0.25) is 16.9 Å². The molecule has 0 radical (unpaired) electrons. The van der Waals surface area contributed by atoms with Crippen molar-refractivity contribution >= 4 is 34.3 Å². The number of carbonyl (C=O) groups is 3. The number of hydrogen-bond donors (Lipinski definition) is 1. The van der Waals surface area contributed by atoms with Crippen molar-refractivity contribution in [2.75, 3.05) is 4.90 Å². The van der Waals surface area contributed by atoms with Crippen LogP contribution in [0.3, 0.4) is 0 Å². The van der Waals surface area contributed by atoms with Crippen LogP contribution in [0.2, 0.25) is 0 Å². The highest BCUT2D eigenvalue weighted by Gasteiger charge is 2.41. The maximum absolute atomic E-state index is 12.2. The molecule has 2 rings (SSSR count). The van der Waals surface area contributed by atoms with Crippen LogP contribution in [0.4, 0.5) is 9.93 Å². The van der Waals surface area contributed by atoms with Gasteiger partial charge in [0.05, 0.1) is 5.69 Å². The molecule has 7 heteroatoms. The molecule has 0 spiro atoms. The highest BCUT2D eigenvalue weighted by Crippen LogP contribution is 2.25. The van der Waals surface area contributed by atoms with Gasteiger partial charge in [-0.3, -0.25) is 14.9 Å². The molecule has 6 nitrogen and oxygen atoms in total. The van der Waals surface area contributed by atoms with Gasteiger partial charge in [-0.1, -0.05) is 13.3 Å². The van der Waals surface area contributed by atoms with Crippen LogP contribution in [0.25, 0.3) is 0 Å². The number of urea groups is 1. The fourth-order valence-electron chi connectivity index (χ4n) is 1.79. The summed E-state index contributed by atoms with van der Waals surface area (Å²) in [5, 5.41) is 4.26. The third kappa shape index (κ3) is 2.13. The van der Waals surface area contributed by atoms with Gasteiger partial charge in [0.1, 0.15) is 5.92 Å². The number of nitrogens with zero attached hydrogens (tertiary/aromatic N) is 2. The molecule has 18 heavy (non-hydrogen) atoms. The van der Waals surface area contributed by atoms with Crippen LogP contribution in [0, 0.1) is 12.8 Å². The molecule has 96 valence electrons. The van der Waals surface area contributed by atoms with Crippen LogP contribution in [0.15, 0.2) is 5.38 Å². The molecule has 1 aromatic heterocycles. The minimum absolute atomic E-state index is 0.309. The van der Waals surface area contributed by atoms with E-state index in [1.807, 2.05) is 6.92 Å². The maximum Gasteiger partial charge on any atom is 0.337 e. The first-order valence-corrected chi connectivity index (χ1v) is 6.53. The van der Waals surface area contributed by atoms with E-state index in [9.17, 15) is 14.4 Å². The Bertz CT molecular complexity index is 511. The molecule has 1 saturated heterocycles. The summed E-state index contributed by atoms with van der Waals surface area (Å²) in [6.07, 6.45) is 1.13. The molecule has 0 aromatic carbocycles. The number of thiazole rings is 1. The minimum Gasteiger partial charge on any atom is -0.277 e. The number of carbonyl (C=O) groups excluding carboxylic acids is 3. The molecule has 1 unspecified atom stereocenters. The lowest BCUT2D eigenvalue weighted by Gasteiger charge is -2.28. The van der Waals surface area contributed by atoms with Crippen LogP contribution in [0.1, 0.15) is 25.5 Å². The average molecular weight is 267 g/mol. The van der Waals surface area contributed by atoms with Gasteiger partial charge in [-0.15, -0.1) is 11.3 Å². The molecule has 0 aliphatic carbocycles. The zero-order valence-corrected chi connectivity index (χ0v) is 10.9. The highest BCUT2D eigenvalue weighted by molar-refractivity contribution is 7.14. The van der Waals surface area contributed by atoms with Crippen molar-refractivity contribution in [3.05, 3.63) is 11.1 Å². The molecule has 1 atom stereocenters. The van der Waals surface area contributed by atoms with Crippen molar-refractivity contribution in [1.82, 2.24) is 10.3 Å². The van der Waals surface area contributed by atoms with E-state index in [0.29, 0.717) is 18.0 Å². The Morgan fingerprint density at radius 1 is 1.44 bits per heavy atom. The summed E-state index contributed by atoms with van der Waals surface area (Å²) in [5.74, 6) is -1.80. The lowest BCUT2D eigenvalue weighted by atomic mass is 10.00. The molecule has 1 N–H and O–H groups in total. The molecule has 0 saturated carbocycles. The first-order chi connectivity index (χ1) is 8.54. The van der Waals surface area contributed by atoms with E-state index in [1.54, 1.807) is 12.3 Å². The highest BCUT2D eigenvalue weighted by atomic mass is 32.1. The molecule has 4 amide bonds. The molecular formula is C11H13N3O3S. The van der Waals surface area contributed by atoms with Gasteiger partial charge >= 0.3 is 6.03 Å². The number of anilines is 1. The zero-order valence-electron chi connectivity index (χ0n) is 10.1. The Morgan fingerprint density at radius 3 is 2.72 bits per heavy atom. The van der Waals surface area contributed by atoms with Crippen molar-refractivity contribution in [2.24, 2.45) is 5.92 Å². The number of barbiturate groups is 1. The second-order valence-electron chi connectivity index (χ2n) is 4.08. The fourth-order valence-corrected chi connectivity index (χ4v) is 2.59. The smallest absolute Gasteiger partial charge is 0.277 e. The molecular weight excluding hydrogens is 254 g/mol. The van der Waals surface area contributed by atoms with Gasteiger partial charge in [0.15, 0.2) is 0 Å². The third-order valence-electron chi connectivity index (χ3n) is 2.64. The van der Waals surface area contributed by atoms with Gasteiger partial charge in [-0.2, -0.15) is 0 Å². The van der Waals surface area contributed by atoms with E-state index in [-0.39, 0.29) is 0 Å². The Morgan fingerprint density at radius 2 is 2.17 bits per heavy atom. The Kier molecular flexibility index (Phi) is 3.42. The Hall–Kier alpha value is -1.76. The van der Waals surface area contributed by atoms with Crippen molar-refractivity contribution in [3.8, 4) is 0 Å². The average Bonchev–Trinajstić information content (AvgIpc) is 2.70. The number of imide groups is 2. The summed E-state index contributed by atoms with van der Waals surface area (Å²) in [5.41, 5.74) is 0.736. The largest absolute Gasteiger partial charge is 0.337 e. The SMILES string of the molecule is CCCC1C(=O)NC(=O)N(c2nc(C)cs2)C1=O. The van der Waals surface area contributed by atoms with E-state index >= 15 is 0 Å². The topological polar surface area (TPSA) is 79.4 Å². The predicted octanol–water partition coefficient (Wildman–Crippen LogP) is 1.45. The molecule has 1 aliphatic rings. The Balaban J connectivity index is 2.31. The van der Waals surface area contributed by atoms with Gasteiger partial charge in [-0.05, 0) is 13.3 Å². The summed E-state index contributed by atoms with van der Waals surface area (Å²) >= 11 is 1.21. The Labute approximate surface area is 108 Å². The van der Waals surface area contributed by atoms with Gasteiger partial charge in [-0.25, -0.2) is 14.7 Å². The minimum atomic E-state index is -0.795. The van der Waals surface area contributed by atoms with Crippen molar-refractivity contribution in [2.45, 2.75) is 26.7 Å². The van der Waals surface area contributed by atoms with Crippen molar-refractivity contribution in [3.63, 3.8) is 0 Å². The molecule has 1 aromatic rings. The van der Waals surface area contributed by atoms with Crippen LogP contribution >= 0.6 is 11.3 Å². The summed E-state index contributed by atoms with van der Waals surface area (Å²) < 4.78 is 0. The summed E-state index contributed by atoms with van der Waals surface area (Å²) in [4.78, 5) is 40.5. The number of hydrogen-bond acceptors (Lipinski definition) is 5. The number of rotatable bonds is 3. The first kappa shape index (κ1) is 12.7. The monoisotopic (exact) mass is 267 g/mol. The predicted molar refractivity (Wildman–Crippen MR) is 66.3 cm³/mol. The number of aromatic nitrogens is 1. The molecule has 0 bridgehead atoms. The second-order valence-corrected chi connectivity index (χ2v) is 4.92. The summed E-state index contributed by atoms with van der Waals surface area (Å²) in [6, 6.07) is -0.716. The number of aryl methyl sites for hydroxylation is 1. The van der Waals surface area contributed by atoms with Crippen LogP contribution in [0.5, 0.6) is 0 Å². The van der Waals surface area contributed by atoms with Gasteiger partial charge in [0, 0.05) is 5.38 Å². The maximum atomic E-state index is 12.2. The zero-order chi connectivity index (χ0) is 13.3. The lowest BCUT2D eigenvalue weighted by molar-refractivity contribution is -0.134. The normalized spacial score (nSPS) is 20.2. The third-order valence-corrected chi connectivity index (χ3v) is 3.59. The van der Waals surface area contributed by atoms with E-state index in [1.165, 1.54) is 11.3 Å². The van der Waals surface area contributed by atoms with Crippen LogP contribution in [-0.4, -0.2) is 22.8 Å². The fraction of sp³-hybridized carbons (Fsp3) is 0.455. The number of amides is 4. The molecule has 1 fully saturated rings. The van der Waals surface area contributed by atoms with Crippen molar-refractivity contribution in [1.29, 1.82) is 0 Å². The van der Waals surface area contributed by atoms with Crippen molar-refractivity contribution < 1.29 is 14.4 Å². The summed E-state index contributed by atoms with van der Waals surface area (Å²) in [7, 11) is 0. The van der Waals surface area contributed by atoms with E-state index in [0.717, 1.165) is 10.6 Å². The van der Waals surface area contributed by atoms with Crippen LogP contribution < -0.4 is 10.2 Å². The lowest BCUT2D eigenvalue weighted by Crippen LogP contribution is -2.58. The van der Waals surface area contributed by atoms with E-state index in [2.05, 4.69) is 10.3 Å². The summed E-state index contributed by atoms with van der Waals surface area (Å²) in [6.45, 7) is 3.66.